The molecule has 5 unspecified atom stereocenters. The van der Waals surface area contributed by atoms with Gasteiger partial charge in [-0.15, -0.1) is 9.24 Å². The van der Waals surface area contributed by atoms with Crippen molar-refractivity contribution >= 4 is 17.2 Å². The zero-order valence-electron chi connectivity index (χ0n) is 34.5. The van der Waals surface area contributed by atoms with Crippen LogP contribution in [-0.2, 0) is 25.8 Å². The van der Waals surface area contributed by atoms with E-state index in [4.69, 9.17) is 14.2 Å². The molecule has 8 aliphatic carbocycles. The maximum atomic E-state index is 7.40. The lowest BCUT2D eigenvalue weighted by Crippen LogP contribution is -2.84. The van der Waals surface area contributed by atoms with Crippen LogP contribution in [0.15, 0.2) is 72.8 Å². The van der Waals surface area contributed by atoms with Gasteiger partial charge in [0.15, 0.2) is 11.6 Å². The van der Waals surface area contributed by atoms with Crippen molar-refractivity contribution in [2.24, 2.45) is 35.5 Å². The van der Waals surface area contributed by atoms with Crippen molar-refractivity contribution in [2.45, 2.75) is 162 Å². The average molecular weight is 787 g/mol. The maximum absolute atomic E-state index is 7.40. The minimum Gasteiger partial charge on any atom is -0.343 e. The van der Waals surface area contributed by atoms with Gasteiger partial charge in [0.1, 0.15) is 0 Å². The first kappa shape index (κ1) is 36.3. The van der Waals surface area contributed by atoms with Crippen LogP contribution in [-0.4, -0.2) is 39.3 Å². The fourth-order valence-electron chi connectivity index (χ4n) is 17.7. The molecule has 296 valence electrons. The monoisotopic (exact) mass is 786 g/mol. The molecule has 4 saturated heterocycles. The molecule has 0 amide bonds. The van der Waals surface area contributed by atoms with Gasteiger partial charge in [0.25, 0.3) is 0 Å². The molecule has 56 heavy (non-hydrogen) atoms. The lowest BCUT2D eigenvalue weighted by Gasteiger charge is -2.74. The molecule has 3 nitrogen and oxygen atoms in total. The molecular weight excluding hydrogens is 723 g/mol. The molecule has 4 aliphatic heterocycles. The highest BCUT2D eigenvalue weighted by atomic mass is 31.1. The van der Waals surface area contributed by atoms with Crippen LogP contribution in [0.1, 0.15) is 129 Å². The van der Waals surface area contributed by atoms with Crippen molar-refractivity contribution in [3.8, 4) is 22.3 Å². The largest absolute Gasteiger partial charge is 0.343 e. The van der Waals surface area contributed by atoms with Crippen LogP contribution < -0.4 is 0 Å². The summed E-state index contributed by atoms with van der Waals surface area (Å²) in [5, 5.41) is 1.09. The van der Waals surface area contributed by atoms with Crippen LogP contribution in [0, 0.1) is 35.5 Å². The minimum absolute atomic E-state index is 0.276. The molecule has 12 bridgehead atoms. The van der Waals surface area contributed by atoms with E-state index in [1.165, 1.54) is 111 Å². The third kappa shape index (κ3) is 5.06. The van der Waals surface area contributed by atoms with Crippen molar-refractivity contribution < 1.29 is 14.2 Å². The Morgan fingerprint density at radius 1 is 0.554 bits per heavy atom. The van der Waals surface area contributed by atoms with Gasteiger partial charge in [0, 0.05) is 12.8 Å². The molecule has 12 aliphatic rings. The second kappa shape index (κ2) is 12.0. The lowest BCUT2D eigenvalue weighted by molar-refractivity contribution is -0.531. The molecule has 0 spiro atoms. The van der Waals surface area contributed by atoms with E-state index in [1.54, 1.807) is 5.56 Å². The van der Waals surface area contributed by atoms with Crippen LogP contribution in [0.5, 0.6) is 0 Å². The van der Waals surface area contributed by atoms with Gasteiger partial charge in [-0.3, -0.25) is 0 Å². The molecule has 4 heterocycles. The molecule has 12 fully saturated rings. The molecular formula is C51H64O3P2. The van der Waals surface area contributed by atoms with E-state index in [2.05, 4.69) is 110 Å². The third-order valence-corrected chi connectivity index (χ3v) is 22.8. The summed E-state index contributed by atoms with van der Waals surface area (Å²) in [6, 6.07) is 28.1. The predicted molar refractivity (Wildman–Crippen MR) is 232 cm³/mol. The highest BCUT2D eigenvalue weighted by Gasteiger charge is 2.78. The SMILES string of the molecule is CC12CC3(C)OC(C)(CC(C)(O1)C3(CP)c1cc(-c3ccccc3)c(-c3ccccc3)cc1CP(C13CC4CC(CC(C4)C1)C3)C13CC4CC(CC(C4)C1)C3)O2. The predicted octanol–water partition coefficient (Wildman–Crippen LogP) is 12.9. The van der Waals surface area contributed by atoms with E-state index in [0.29, 0.717) is 10.3 Å². The zero-order valence-corrected chi connectivity index (χ0v) is 36.5. The first-order valence-electron chi connectivity index (χ1n) is 22.7. The molecule has 5 heteroatoms. The fraction of sp³-hybridized carbons (Fsp3) is 0.647. The van der Waals surface area contributed by atoms with Crippen molar-refractivity contribution in [1.82, 2.24) is 0 Å². The molecule has 0 radical (unpaired) electrons. The second-order valence-electron chi connectivity index (χ2n) is 22.2. The zero-order chi connectivity index (χ0) is 37.9. The third-order valence-electron chi connectivity index (χ3n) is 18.1. The highest BCUT2D eigenvalue weighted by molar-refractivity contribution is 7.60. The van der Waals surface area contributed by atoms with Gasteiger partial charge in [-0.25, -0.2) is 0 Å². The van der Waals surface area contributed by atoms with E-state index >= 15 is 0 Å². The van der Waals surface area contributed by atoms with Crippen molar-refractivity contribution in [1.29, 1.82) is 0 Å². The van der Waals surface area contributed by atoms with Crippen LogP contribution >= 0.6 is 17.2 Å². The number of rotatable bonds is 8. The Balaban J connectivity index is 1.11. The van der Waals surface area contributed by atoms with Gasteiger partial charge in [0.05, 0.1) is 16.6 Å². The topological polar surface area (TPSA) is 27.7 Å². The van der Waals surface area contributed by atoms with Gasteiger partial charge < -0.3 is 14.2 Å². The highest BCUT2D eigenvalue weighted by Crippen LogP contribution is 2.80. The molecule has 0 aromatic heterocycles. The first-order chi connectivity index (χ1) is 26.8. The summed E-state index contributed by atoms with van der Waals surface area (Å²) in [6.07, 6.45) is 22.0. The molecule has 5 atom stereocenters. The molecule has 0 N–H and O–H groups in total. The second-order valence-corrected chi connectivity index (χ2v) is 25.6. The molecule has 3 aromatic rings. The van der Waals surface area contributed by atoms with E-state index in [1.807, 2.05) is 0 Å². The summed E-state index contributed by atoms with van der Waals surface area (Å²) >= 11 is 0. The van der Waals surface area contributed by atoms with Gasteiger partial charge in [-0.2, -0.15) is 0 Å². The summed E-state index contributed by atoms with van der Waals surface area (Å²) in [5.41, 5.74) is 7.23. The van der Waals surface area contributed by atoms with Gasteiger partial charge in [-0.1, -0.05) is 68.6 Å². The maximum Gasteiger partial charge on any atom is 0.172 e. The van der Waals surface area contributed by atoms with Crippen LogP contribution in [0.2, 0.25) is 0 Å². The molecule has 8 saturated carbocycles. The number of benzene rings is 3. The summed E-state index contributed by atoms with van der Waals surface area (Å²) in [7, 11) is 3.00. The summed E-state index contributed by atoms with van der Waals surface area (Å²) < 4.78 is 21.5. The molecule has 15 rings (SSSR count). The Morgan fingerprint density at radius 3 is 1.34 bits per heavy atom. The number of hydrogen-bond donors (Lipinski definition) is 0. The van der Waals surface area contributed by atoms with Gasteiger partial charge >= 0.3 is 0 Å². The van der Waals surface area contributed by atoms with E-state index in [0.717, 1.165) is 54.5 Å². The summed E-state index contributed by atoms with van der Waals surface area (Å²) in [4.78, 5) is 0. The Bertz CT molecular complexity index is 1900. The minimum atomic E-state index is -0.657. The van der Waals surface area contributed by atoms with Gasteiger partial charge in [-0.05, 0) is 208 Å². The van der Waals surface area contributed by atoms with Crippen LogP contribution in [0.4, 0.5) is 0 Å². The van der Waals surface area contributed by atoms with E-state index < -0.39 is 22.8 Å². The smallest absolute Gasteiger partial charge is 0.172 e. The Hall–Kier alpha value is -1.60. The average Bonchev–Trinajstić information content (AvgIpc) is 3.12. The Labute approximate surface area is 340 Å². The number of ether oxygens (including phenoxy) is 3. The van der Waals surface area contributed by atoms with Crippen molar-refractivity contribution in [2.75, 3.05) is 6.16 Å². The number of hydrogen-bond acceptors (Lipinski definition) is 3. The van der Waals surface area contributed by atoms with E-state index in [-0.39, 0.29) is 13.3 Å². The quantitative estimate of drug-likeness (QED) is 0.213. The standard InChI is InChI=1S/C51H64O3P2/c1-45-30-47(3)53-46(2,31-48(4,52-45)54-47)51(45,32-55)44-22-43(40-13-9-6-10-14-40)42(39-11-7-5-8-12-39)21-41(44)29-56(49-23-33-15-34(24-49)17-35(16-33)25-49)50-26-36-18-37(27-50)20-38(19-36)28-50/h5-14,21-22,33-38H,15-20,23-32,55H2,1-4H3. The normalized spacial score (nSPS) is 48.2. The Kier molecular flexibility index (Phi) is 7.79. The van der Waals surface area contributed by atoms with E-state index in [9.17, 15) is 0 Å². The molecule has 3 aromatic carbocycles. The fourth-order valence-corrected chi connectivity index (χ4v) is 24.0. The first-order valence-corrected chi connectivity index (χ1v) is 25.1. The van der Waals surface area contributed by atoms with Crippen LogP contribution in [0.25, 0.3) is 22.3 Å². The van der Waals surface area contributed by atoms with Crippen LogP contribution in [0.3, 0.4) is 0 Å². The Morgan fingerprint density at radius 2 is 0.946 bits per heavy atom. The summed E-state index contributed by atoms with van der Waals surface area (Å²) in [6.45, 7) is 9.25. The van der Waals surface area contributed by atoms with Crippen molar-refractivity contribution in [3.63, 3.8) is 0 Å². The van der Waals surface area contributed by atoms with Gasteiger partial charge in [0.2, 0.25) is 0 Å². The lowest BCUT2D eigenvalue weighted by atomic mass is 9.51. The van der Waals surface area contributed by atoms with Crippen molar-refractivity contribution in [3.05, 3.63) is 83.9 Å². The summed E-state index contributed by atoms with van der Waals surface area (Å²) in [5.74, 6) is 4.54.